The molecule has 3 rings (SSSR count). The van der Waals surface area contributed by atoms with Gasteiger partial charge in [-0.1, -0.05) is 44.4 Å². The zero-order valence-electron chi connectivity index (χ0n) is 15.8. The molecule has 1 aromatic rings. The van der Waals surface area contributed by atoms with Gasteiger partial charge in [0.1, 0.15) is 0 Å². The maximum Gasteiger partial charge on any atom is 0.165 e. The zero-order chi connectivity index (χ0) is 17.6. The average Bonchev–Trinajstić information content (AvgIpc) is 2.67. The molecule has 0 aromatic heterocycles. The fourth-order valence-corrected chi connectivity index (χ4v) is 4.94. The molecule has 1 nitrogen and oxygen atoms in total. The molecule has 1 fully saturated rings. The van der Waals surface area contributed by atoms with Crippen molar-refractivity contribution in [3.63, 3.8) is 0 Å². The molecule has 2 unspecified atom stereocenters. The van der Waals surface area contributed by atoms with Gasteiger partial charge in [0.15, 0.2) is 11.6 Å². The highest BCUT2D eigenvalue weighted by Crippen LogP contribution is 2.44. The lowest BCUT2D eigenvalue weighted by Crippen LogP contribution is -2.23. The zero-order valence-corrected chi connectivity index (χ0v) is 15.8. The lowest BCUT2D eigenvalue weighted by molar-refractivity contribution is 0.215. The van der Waals surface area contributed by atoms with Crippen molar-refractivity contribution < 1.29 is 9.13 Å². The number of methoxy groups -OCH3 is 1. The van der Waals surface area contributed by atoms with Gasteiger partial charge in [-0.3, -0.25) is 0 Å². The highest BCUT2D eigenvalue weighted by Gasteiger charge is 2.30. The summed E-state index contributed by atoms with van der Waals surface area (Å²) in [6, 6.07) is 5.67. The van der Waals surface area contributed by atoms with Crippen molar-refractivity contribution in [2.24, 2.45) is 17.8 Å². The SMILES string of the molecule is CCC1CCC(C(CC2CC=CCC2)c2ccc(OC)c(F)c2)CC1. The molecule has 2 aliphatic rings. The Morgan fingerprint density at radius 2 is 1.88 bits per heavy atom. The highest BCUT2D eigenvalue weighted by atomic mass is 19.1. The second-order valence-electron chi connectivity index (χ2n) is 8.08. The van der Waals surface area contributed by atoms with E-state index in [0.29, 0.717) is 17.6 Å². The summed E-state index contributed by atoms with van der Waals surface area (Å²) in [5.74, 6) is 3.01. The van der Waals surface area contributed by atoms with Crippen LogP contribution in [0.2, 0.25) is 0 Å². The first kappa shape index (κ1) is 18.5. The smallest absolute Gasteiger partial charge is 0.165 e. The van der Waals surface area contributed by atoms with Crippen molar-refractivity contribution >= 4 is 0 Å². The summed E-state index contributed by atoms with van der Waals surface area (Å²) in [4.78, 5) is 0. The molecule has 2 heteroatoms. The van der Waals surface area contributed by atoms with Crippen molar-refractivity contribution in [2.45, 2.75) is 70.6 Å². The molecule has 1 saturated carbocycles. The summed E-state index contributed by atoms with van der Waals surface area (Å²) in [7, 11) is 1.54. The molecule has 0 N–H and O–H groups in total. The molecule has 0 radical (unpaired) electrons. The Balaban J connectivity index is 1.78. The van der Waals surface area contributed by atoms with Crippen LogP contribution in [0.1, 0.15) is 76.2 Å². The van der Waals surface area contributed by atoms with E-state index in [4.69, 9.17) is 4.74 Å². The second-order valence-corrected chi connectivity index (χ2v) is 8.08. The Hall–Kier alpha value is -1.31. The third kappa shape index (κ3) is 4.65. The van der Waals surface area contributed by atoms with Crippen molar-refractivity contribution in [1.29, 1.82) is 0 Å². The molecule has 2 aliphatic carbocycles. The molecule has 0 bridgehead atoms. The minimum atomic E-state index is -0.212. The molecule has 25 heavy (non-hydrogen) atoms. The van der Waals surface area contributed by atoms with Crippen molar-refractivity contribution in [3.05, 3.63) is 41.7 Å². The van der Waals surface area contributed by atoms with Gasteiger partial charge in [-0.15, -0.1) is 0 Å². The average molecular weight is 345 g/mol. The van der Waals surface area contributed by atoms with Gasteiger partial charge in [0, 0.05) is 0 Å². The molecule has 0 aliphatic heterocycles. The largest absolute Gasteiger partial charge is 0.494 e. The van der Waals surface area contributed by atoms with Crippen molar-refractivity contribution in [2.75, 3.05) is 7.11 Å². The predicted molar refractivity (Wildman–Crippen MR) is 103 cm³/mol. The molecule has 1 aromatic carbocycles. The quantitative estimate of drug-likeness (QED) is 0.511. The molecule has 0 spiro atoms. The molecule has 0 heterocycles. The number of ether oxygens (including phenoxy) is 1. The van der Waals surface area contributed by atoms with E-state index in [0.717, 1.165) is 11.8 Å². The van der Waals surface area contributed by atoms with E-state index in [-0.39, 0.29) is 5.82 Å². The summed E-state index contributed by atoms with van der Waals surface area (Å²) in [6.07, 6.45) is 16.2. The Morgan fingerprint density at radius 3 is 2.48 bits per heavy atom. The Morgan fingerprint density at radius 1 is 1.08 bits per heavy atom. The van der Waals surface area contributed by atoms with Gasteiger partial charge in [0.05, 0.1) is 7.11 Å². The van der Waals surface area contributed by atoms with Gasteiger partial charge in [-0.05, 0) is 79.9 Å². The normalized spacial score (nSPS) is 27.9. The van der Waals surface area contributed by atoms with Crippen LogP contribution in [0.5, 0.6) is 5.75 Å². The second kappa shape index (κ2) is 8.87. The van der Waals surface area contributed by atoms with E-state index in [1.54, 1.807) is 6.07 Å². The summed E-state index contributed by atoms with van der Waals surface area (Å²) >= 11 is 0. The van der Waals surface area contributed by atoms with Crippen LogP contribution in [0.25, 0.3) is 0 Å². The van der Waals surface area contributed by atoms with Gasteiger partial charge < -0.3 is 4.74 Å². The van der Waals surface area contributed by atoms with Crippen LogP contribution in [-0.2, 0) is 0 Å². The van der Waals surface area contributed by atoms with Crippen LogP contribution in [0.15, 0.2) is 30.4 Å². The lowest BCUT2D eigenvalue weighted by atomic mass is 9.69. The molecule has 0 amide bonds. The fraction of sp³-hybridized carbons (Fsp3) is 0.652. The monoisotopic (exact) mass is 344 g/mol. The number of hydrogen-bond acceptors (Lipinski definition) is 1. The first-order valence-electron chi connectivity index (χ1n) is 10.2. The topological polar surface area (TPSA) is 9.23 Å². The molecular weight excluding hydrogens is 311 g/mol. The first-order valence-corrected chi connectivity index (χ1v) is 10.2. The fourth-order valence-electron chi connectivity index (χ4n) is 4.94. The minimum Gasteiger partial charge on any atom is -0.494 e. The molecular formula is C23H33FO. The summed E-state index contributed by atoms with van der Waals surface area (Å²) in [5, 5.41) is 0. The van der Waals surface area contributed by atoms with E-state index in [9.17, 15) is 4.39 Å². The van der Waals surface area contributed by atoms with Crippen molar-refractivity contribution in [3.8, 4) is 5.75 Å². The molecule has 2 atom stereocenters. The number of benzene rings is 1. The van der Waals surface area contributed by atoms with Crippen LogP contribution >= 0.6 is 0 Å². The summed E-state index contributed by atoms with van der Waals surface area (Å²) < 4.78 is 19.5. The number of halogens is 1. The molecule has 0 saturated heterocycles. The Kier molecular flexibility index (Phi) is 6.56. The number of allylic oxidation sites excluding steroid dienone is 2. The van der Waals surface area contributed by atoms with E-state index in [2.05, 4.69) is 25.1 Å². The van der Waals surface area contributed by atoms with E-state index < -0.39 is 0 Å². The first-order chi connectivity index (χ1) is 12.2. The van der Waals surface area contributed by atoms with E-state index in [1.165, 1.54) is 70.5 Å². The maximum atomic E-state index is 14.3. The predicted octanol–water partition coefficient (Wildman–Crippen LogP) is 6.88. The van der Waals surface area contributed by atoms with E-state index in [1.807, 2.05) is 6.07 Å². The standard InChI is InChI=1S/C23H33FO/c1-3-17-9-11-19(12-10-17)21(15-18-7-5-4-6-8-18)20-13-14-23(25-2)22(24)16-20/h4-5,13-14,16-19,21H,3,6-12,15H2,1-2H3. The number of rotatable bonds is 6. The summed E-state index contributed by atoms with van der Waals surface area (Å²) in [5.41, 5.74) is 1.19. The van der Waals surface area contributed by atoms with Gasteiger partial charge >= 0.3 is 0 Å². The maximum absolute atomic E-state index is 14.3. The highest BCUT2D eigenvalue weighted by molar-refractivity contribution is 5.32. The van der Waals surface area contributed by atoms with Gasteiger partial charge in [-0.25, -0.2) is 4.39 Å². The van der Waals surface area contributed by atoms with Gasteiger partial charge in [0.2, 0.25) is 0 Å². The van der Waals surface area contributed by atoms with Crippen LogP contribution < -0.4 is 4.74 Å². The molecule has 138 valence electrons. The lowest BCUT2D eigenvalue weighted by Gasteiger charge is -2.36. The van der Waals surface area contributed by atoms with Crippen LogP contribution in [0.3, 0.4) is 0 Å². The van der Waals surface area contributed by atoms with E-state index >= 15 is 0 Å². The minimum absolute atomic E-state index is 0.212. The van der Waals surface area contributed by atoms with Crippen LogP contribution in [0.4, 0.5) is 4.39 Å². The Labute approximate surface area is 152 Å². The third-order valence-electron chi connectivity index (χ3n) is 6.61. The van der Waals surface area contributed by atoms with Gasteiger partial charge in [-0.2, -0.15) is 0 Å². The van der Waals surface area contributed by atoms with Crippen molar-refractivity contribution in [1.82, 2.24) is 0 Å². The van der Waals surface area contributed by atoms with Crippen LogP contribution in [-0.4, -0.2) is 7.11 Å². The van der Waals surface area contributed by atoms with Crippen LogP contribution in [0, 0.1) is 23.6 Å². The number of hydrogen-bond donors (Lipinski definition) is 0. The third-order valence-corrected chi connectivity index (χ3v) is 6.61. The summed E-state index contributed by atoms with van der Waals surface area (Å²) in [6.45, 7) is 2.32. The Bertz CT molecular complexity index is 571. The van der Waals surface area contributed by atoms with Gasteiger partial charge in [0.25, 0.3) is 0 Å².